The van der Waals surface area contributed by atoms with Crippen molar-refractivity contribution in [2.75, 3.05) is 13.3 Å². The summed E-state index contributed by atoms with van der Waals surface area (Å²) < 4.78 is 31.2. The zero-order valence-corrected chi connectivity index (χ0v) is 15.0. The summed E-state index contributed by atoms with van der Waals surface area (Å²) >= 11 is 0. The highest BCUT2D eigenvalue weighted by atomic mass is 28.2. The first kappa shape index (κ1) is 17.5. The molecule has 0 heterocycles. The van der Waals surface area contributed by atoms with Crippen molar-refractivity contribution < 1.29 is 13.5 Å². The van der Waals surface area contributed by atoms with Gasteiger partial charge in [-0.1, -0.05) is 57.6 Å². The molecule has 0 N–H and O–H groups in total. The van der Waals surface area contributed by atoms with E-state index in [-0.39, 0.29) is 12.4 Å². The quantitative estimate of drug-likeness (QED) is 0.656. The van der Waals surface area contributed by atoms with Crippen molar-refractivity contribution in [3.05, 3.63) is 24.0 Å². The maximum absolute atomic E-state index is 14.1. The Morgan fingerprint density at radius 2 is 1.91 bits per heavy atom. The van der Waals surface area contributed by atoms with Crippen molar-refractivity contribution in [2.24, 2.45) is 11.8 Å². The lowest BCUT2D eigenvalue weighted by molar-refractivity contribution is 0.272. The molecule has 1 aromatic rings. The number of rotatable bonds is 8. The Kier molecular flexibility index (Phi) is 7.36. The van der Waals surface area contributed by atoms with E-state index >= 15 is 0 Å². The van der Waals surface area contributed by atoms with Crippen molar-refractivity contribution in [2.45, 2.75) is 51.5 Å². The minimum atomic E-state index is -0.553. The van der Waals surface area contributed by atoms with E-state index in [4.69, 9.17) is 4.74 Å². The minimum Gasteiger partial charge on any atom is -0.491 e. The molecule has 0 aromatic heterocycles. The van der Waals surface area contributed by atoms with Crippen molar-refractivity contribution in [1.29, 1.82) is 0 Å². The van der Waals surface area contributed by atoms with Gasteiger partial charge in [0.2, 0.25) is 0 Å². The summed E-state index contributed by atoms with van der Waals surface area (Å²) in [4.78, 5) is 0. The fraction of sp³-hybridized carbons (Fsp3) is 0.667. The Morgan fingerprint density at radius 3 is 2.55 bits per heavy atom. The van der Waals surface area contributed by atoms with Gasteiger partial charge in [0.05, 0.1) is 9.52 Å². The van der Waals surface area contributed by atoms with E-state index in [2.05, 4.69) is 6.92 Å². The van der Waals surface area contributed by atoms with Crippen LogP contribution in [0.5, 0.6) is 5.75 Å². The summed E-state index contributed by atoms with van der Waals surface area (Å²) in [6.07, 6.45) is 8.07. The van der Waals surface area contributed by atoms with E-state index in [0.29, 0.717) is 5.75 Å². The van der Waals surface area contributed by atoms with Gasteiger partial charge in [-0.3, -0.25) is 0 Å². The molecule has 4 heteroatoms. The van der Waals surface area contributed by atoms with Crippen LogP contribution in [0.1, 0.15) is 45.4 Å². The first-order chi connectivity index (χ1) is 10.7. The number of benzene rings is 1. The molecule has 1 fully saturated rings. The Morgan fingerprint density at radius 1 is 1.18 bits per heavy atom. The molecule has 1 aliphatic rings. The monoisotopic (exact) mass is 326 g/mol. The number of halogens is 2. The standard InChI is InChI=1S/C18H28F2OSi/c1-2-3-14-4-6-15(7-5-14)13-22-18-9-8-16(12-17(18)20)21-11-10-19/h8-9,12,14-15H,2-7,10-11,13,22H2,1H3. The van der Waals surface area contributed by atoms with Gasteiger partial charge in [0, 0.05) is 6.07 Å². The van der Waals surface area contributed by atoms with Crippen molar-refractivity contribution in [3.8, 4) is 5.75 Å². The maximum atomic E-state index is 14.1. The summed E-state index contributed by atoms with van der Waals surface area (Å²) in [5.74, 6) is 2.02. The Balaban J connectivity index is 1.77. The highest BCUT2D eigenvalue weighted by Crippen LogP contribution is 2.33. The van der Waals surface area contributed by atoms with Crippen LogP contribution in [0.15, 0.2) is 18.2 Å². The third kappa shape index (κ3) is 5.38. The van der Waals surface area contributed by atoms with Gasteiger partial charge in [0.1, 0.15) is 24.8 Å². The molecule has 0 radical (unpaired) electrons. The molecule has 0 aliphatic heterocycles. The van der Waals surface area contributed by atoms with Crippen molar-refractivity contribution in [3.63, 3.8) is 0 Å². The molecule has 0 spiro atoms. The third-order valence-electron chi connectivity index (χ3n) is 4.86. The normalized spacial score (nSPS) is 22.3. The van der Waals surface area contributed by atoms with E-state index < -0.39 is 16.2 Å². The van der Waals surface area contributed by atoms with Crippen LogP contribution < -0.4 is 9.92 Å². The number of ether oxygens (including phenoxy) is 1. The molecule has 0 amide bonds. The van der Waals surface area contributed by atoms with Crippen molar-refractivity contribution >= 4 is 14.7 Å². The molecule has 0 saturated heterocycles. The summed E-state index contributed by atoms with van der Waals surface area (Å²) in [6.45, 7) is 1.72. The van der Waals surface area contributed by atoms with Crippen LogP contribution in [0.4, 0.5) is 8.78 Å². The largest absolute Gasteiger partial charge is 0.491 e. The second-order valence-electron chi connectivity index (χ2n) is 6.50. The van der Waals surface area contributed by atoms with E-state index in [1.807, 2.05) is 6.07 Å². The van der Waals surface area contributed by atoms with Crippen molar-refractivity contribution in [1.82, 2.24) is 0 Å². The lowest BCUT2D eigenvalue weighted by Gasteiger charge is -2.28. The molecule has 1 nitrogen and oxygen atoms in total. The summed E-state index contributed by atoms with van der Waals surface area (Å²) in [5, 5.41) is 0.892. The molecule has 1 aromatic carbocycles. The Bertz CT molecular complexity index is 445. The van der Waals surface area contributed by atoms with E-state index in [9.17, 15) is 8.78 Å². The van der Waals surface area contributed by atoms with Gasteiger partial charge in [0.25, 0.3) is 0 Å². The molecule has 124 valence electrons. The SMILES string of the molecule is CCCC1CCC(C[SiH2]c2ccc(OCCF)cc2F)CC1. The average molecular weight is 327 g/mol. The van der Waals surface area contributed by atoms with Crippen LogP contribution in [-0.4, -0.2) is 22.8 Å². The highest BCUT2D eigenvalue weighted by Gasteiger charge is 2.20. The average Bonchev–Trinajstić information content (AvgIpc) is 2.54. The van der Waals surface area contributed by atoms with Crippen LogP contribution in [-0.2, 0) is 0 Å². The number of alkyl halides is 1. The van der Waals surface area contributed by atoms with Crippen LogP contribution in [0.2, 0.25) is 6.04 Å². The smallest absolute Gasteiger partial charge is 0.125 e. The molecule has 0 unspecified atom stereocenters. The second kappa shape index (κ2) is 9.28. The van der Waals surface area contributed by atoms with Crippen LogP contribution >= 0.6 is 0 Å². The van der Waals surface area contributed by atoms with Gasteiger partial charge in [-0.15, -0.1) is 0 Å². The number of hydrogen-bond acceptors (Lipinski definition) is 1. The summed E-state index contributed by atoms with van der Waals surface area (Å²) in [5.41, 5.74) is 0. The van der Waals surface area contributed by atoms with Gasteiger partial charge in [0.15, 0.2) is 0 Å². The van der Waals surface area contributed by atoms with Gasteiger partial charge in [-0.05, 0) is 23.1 Å². The van der Waals surface area contributed by atoms with E-state index in [1.54, 1.807) is 6.07 Å². The first-order valence-corrected chi connectivity index (χ1v) is 10.4. The molecule has 2 rings (SSSR count). The van der Waals surface area contributed by atoms with E-state index in [0.717, 1.165) is 17.0 Å². The predicted octanol–water partition coefficient (Wildman–Crippen LogP) is 3.99. The van der Waals surface area contributed by atoms with E-state index in [1.165, 1.54) is 50.6 Å². The molecular weight excluding hydrogens is 298 g/mol. The molecule has 0 atom stereocenters. The maximum Gasteiger partial charge on any atom is 0.125 e. The second-order valence-corrected chi connectivity index (χ2v) is 8.34. The van der Waals surface area contributed by atoms with Gasteiger partial charge in [-0.25, -0.2) is 8.78 Å². The lowest BCUT2D eigenvalue weighted by Crippen LogP contribution is -2.23. The van der Waals surface area contributed by atoms with Crippen LogP contribution in [0, 0.1) is 17.7 Å². The molecule has 1 saturated carbocycles. The van der Waals surface area contributed by atoms with Gasteiger partial charge >= 0.3 is 0 Å². The highest BCUT2D eigenvalue weighted by molar-refractivity contribution is 6.53. The van der Waals surface area contributed by atoms with Crippen LogP contribution in [0.25, 0.3) is 0 Å². The molecule has 0 bridgehead atoms. The zero-order valence-electron chi connectivity index (χ0n) is 13.6. The topological polar surface area (TPSA) is 9.23 Å². The number of hydrogen-bond donors (Lipinski definition) is 0. The Labute approximate surface area is 135 Å². The molecule has 22 heavy (non-hydrogen) atoms. The first-order valence-electron chi connectivity index (χ1n) is 8.70. The van der Waals surface area contributed by atoms with Crippen LogP contribution in [0.3, 0.4) is 0 Å². The predicted molar refractivity (Wildman–Crippen MR) is 91.2 cm³/mol. The lowest BCUT2D eigenvalue weighted by atomic mass is 9.81. The minimum absolute atomic E-state index is 0.00276. The fourth-order valence-electron chi connectivity index (χ4n) is 3.55. The fourth-order valence-corrected chi connectivity index (χ4v) is 5.48. The molecule has 1 aliphatic carbocycles. The summed E-state index contributed by atoms with van der Waals surface area (Å²) in [6, 6.07) is 6.24. The molecular formula is C18H28F2OSi. The van der Waals surface area contributed by atoms with Gasteiger partial charge < -0.3 is 4.74 Å². The third-order valence-corrected chi connectivity index (χ3v) is 7.07. The van der Waals surface area contributed by atoms with Gasteiger partial charge in [-0.2, -0.15) is 0 Å². The zero-order chi connectivity index (χ0) is 15.8. The summed E-state index contributed by atoms with van der Waals surface area (Å²) in [7, 11) is -0.553. The Hall–Kier alpha value is -0.903.